The lowest BCUT2D eigenvalue weighted by Crippen LogP contribution is -2.06. The number of aliphatic imine (C=N–C) groups is 2. The summed E-state index contributed by atoms with van der Waals surface area (Å²) in [6, 6.07) is 14.4. The van der Waals surface area contributed by atoms with Gasteiger partial charge in [-0.3, -0.25) is 9.98 Å². The minimum Gasteiger partial charge on any atom is -0.383 e. The first kappa shape index (κ1) is 15.9. The Balaban J connectivity index is 1.81. The monoisotopic (exact) mass is 347 g/mol. The molecule has 124 valence electrons. The second-order valence-corrected chi connectivity index (χ2v) is 6.40. The molecule has 2 heterocycles. The second-order valence-electron chi connectivity index (χ2n) is 5.96. The molecule has 2 aliphatic heterocycles. The van der Waals surface area contributed by atoms with Gasteiger partial charge in [-0.25, -0.2) is 0 Å². The number of hydrogen-bond donors (Lipinski definition) is 1. The van der Waals surface area contributed by atoms with Crippen molar-refractivity contribution in [2.45, 2.75) is 0 Å². The fraction of sp³-hybridized carbons (Fsp3) is 0.143. The van der Waals surface area contributed by atoms with Gasteiger partial charge >= 0.3 is 0 Å². The molecule has 0 aromatic heterocycles. The number of anilines is 1. The first-order valence-corrected chi connectivity index (χ1v) is 8.75. The SMILES string of the molecule is Clc1ccc(C2=NCCNc3ccc(C4=CC=NCC=C4)cc32)cc1. The largest absolute Gasteiger partial charge is 0.383 e. The van der Waals surface area contributed by atoms with Crippen LogP contribution in [0.3, 0.4) is 0 Å². The molecule has 0 atom stereocenters. The van der Waals surface area contributed by atoms with Crippen LogP contribution in [0.25, 0.3) is 5.57 Å². The molecule has 0 spiro atoms. The molecule has 2 aromatic carbocycles. The van der Waals surface area contributed by atoms with Crippen molar-refractivity contribution in [2.24, 2.45) is 9.98 Å². The number of halogens is 1. The van der Waals surface area contributed by atoms with E-state index in [0.29, 0.717) is 0 Å². The Hall–Kier alpha value is -2.65. The molecule has 4 rings (SSSR count). The normalized spacial score (nSPS) is 16.2. The van der Waals surface area contributed by atoms with Gasteiger partial charge < -0.3 is 5.32 Å². The molecule has 25 heavy (non-hydrogen) atoms. The van der Waals surface area contributed by atoms with Crippen molar-refractivity contribution >= 4 is 34.8 Å². The average molecular weight is 348 g/mol. The topological polar surface area (TPSA) is 36.8 Å². The highest BCUT2D eigenvalue weighted by Gasteiger charge is 2.16. The Labute approximate surface area is 152 Å². The van der Waals surface area contributed by atoms with Gasteiger partial charge in [-0.15, -0.1) is 0 Å². The molecule has 3 nitrogen and oxygen atoms in total. The minimum absolute atomic E-state index is 0.726. The first-order valence-electron chi connectivity index (χ1n) is 8.37. The maximum atomic E-state index is 6.05. The van der Waals surface area contributed by atoms with Crippen molar-refractivity contribution in [3.8, 4) is 0 Å². The lowest BCUT2D eigenvalue weighted by Gasteiger charge is -2.13. The van der Waals surface area contributed by atoms with Gasteiger partial charge in [0.05, 0.1) is 18.8 Å². The highest BCUT2D eigenvalue weighted by Crippen LogP contribution is 2.28. The van der Waals surface area contributed by atoms with Gasteiger partial charge in [0, 0.05) is 34.6 Å². The Bertz CT molecular complexity index is 905. The van der Waals surface area contributed by atoms with E-state index in [1.165, 1.54) is 0 Å². The van der Waals surface area contributed by atoms with E-state index in [9.17, 15) is 0 Å². The summed E-state index contributed by atoms with van der Waals surface area (Å²) < 4.78 is 0. The van der Waals surface area contributed by atoms with Gasteiger partial charge in [-0.1, -0.05) is 42.0 Å². The summed E-state index contributed by atoms with van der Waals surface area (Å²) >= 11 is 6.05. The molecule has 0 bridgehead atoms. The van der Waals surface area contributed by atoms with Crippen molar-refractivity contribution < 1.29 is 0 Å². The predicted molar refractivity (Wildman–Crippen MR) is 107 cm³/mol. The lowest BCUT2D eigenvalue weighted by molar-refractivity contribution is 1.04. The van der Waals surface area contributed by atoms with Crippen LogP contribution in [-0.4, -0.2) is 31.6 Å². The third kappa shape index (κ3) is 3.42. The molecule has 0 saturated carbocycles. The summed E-state index contributed by atoms with van der Waals surface area (Å²) in [4.78, 5) is 9.10. The summed E-state index contributed by atoms with van der Waals surface area (Å²) in [5, 5.41) is 4.21. The summed E-state index contributed by atoms with van der Waals surface area (Å²) in [6.07, 6.45) is 8.12. The third-order valence-corrected chi connectivity index (χ3v) is 4.54. The Morgan fingerprint density at radius 1 is 1.00 bits per heavy atom. The number of benzene rings is 2. The van der Waals surface area contributed by atoms with E-state index in [0.717, 1.165) is 58.3 Å². The van der Waals surface area contributed by atoms with Crippen LogP contribution >= 0.6 is 11.6 Å². The van der Waals surface area contributed by atoms with E-state index in [2.05, 4.69) is 46.7 Å². The van der Waals surface area contributed by atoms with Crippen molar-refractivity contribution in [3.63, 3.8) is 0 Å². The minimum atomic E-state index is 0.726. The van der Waals surface area contributed by atoms with Gasteiger partial charge in [0.1, 0.15) is 0 Å². The number of benzodiazepines with no additional fused rings is 1. The number of allylic oxidation sites excluding steroid dienone is 3. The standard InChI is InChI=1S/C21H18ClN3/c22-18-6-3-16(4-7-18)21-19-14-17(15-2-1-10-23-11-9-15)5-8-20(19)24-12-13-25-21/h1-9,11,14,24H,10,12-13H2. The van der Waals surface area contributed by atoms with Crippen molar-refractivity contribution in [1.29, 1.82) is 0 Å². The maximum Gasteiger partial charge on any atom is 0.0740 e. The van der Waals surface area contributed by atoms with Crippen molar-refractivity contribution in [3.05, 3.63) is 82.4 Å². The van der Waals surface area contributed by atoms with Gasteiger partial charge in [0.2, 0.25) is 0 Å². The summed E-state index contributed by atoms with van der Waals surface area (Å²) in [5.41, 5.74) is 6.64. The molecule has 0 fully saturated rings. The van der Waals surface area contributed by atoms with Crippen LogP contribution < -0.4 is 5.32 Å². The van der Waals surface area contributed by atoms with Crippen LogP contribution in [0.15, 0.2) is 70.7 Å². The highest BCUT2D eigenvalue weighted by atomic mass is 35.5. The van der Waals surface area contributed by atoms with Gasteiger partial charge in [-0.05, 0) is 41.5 Å². The molecule has 0 radical (unpaired) electrons. The fourth-order valence-corrected chi connectivity index (χ4v) is 3.18. The van der Waals surface area contributed by atoms with E-state index in [1.807, 2.05) is 30.5 Å². The molecule has 0 unspecified atom stereocenters. The first-order chi connectivity index (χ1) is 12.3. The zero-order valence-corrected chi connectivity index (χ0v) is 14.5. The molecule has 0 amide bonds. The Morgan fingerprint density at radius 2 is 1.84 bits per heavy atom. The van der Waals surface area contributed by atoms with Gasteiger partial charge in [-0.2, -0.15) is 0 Å². The van der Waals surface area contributed by atoms with E-state index in [4.69, 9.17) is 16.6 Å². The van der Waals surface area contributed by atoms with E-state index >= 15 is 0 Å². The van der Waals surface area contributed by atoms with E-state index in [-0.39, 0.29) is 0 Å². The Morgan fingerprint density at radius 3 is 2.72 bits per heavy atom. The van der Waals surface area contributed by atoms with Crippen LogP contribution in [0.2, 0.25) is 5.02 Å². The van der Waals surface area contributed by atoms with Crippen molar-refractivity contribution in [1.82, 2.24) is 0 Å². The Kier molecular flexibility index (Phi) is 4.49. The molecular formula is C21H18ClN3. The molecular weight excluding hydrogens is 330 g/mol. The second kappa shape index (κ2) is 7.08. The molecule has 2 aromatic rings. The van der Waals surface area contributed by atoms with E-state index < -0.39 is 0 Å². The lowest BCUT2D eigenvalue weighted by atomic mass is 9.95. The number of nitrogens with zero attached hydrogens (tertiary/aromatic N) is 2. The third-order valence-electron chi connectivity index (χ3n) is 4.29. The maximum absolute atomic E-state index is 6.05. The smallest absolute Gasteiger partial charge is 0.0740 e. The predicted octanol–water partition coefficient (Wildman–Crippen LogP) is 4.63. The van der Waals surface area contributed by atoms with Crippen LogP contribution in [0.1, 0.15) is 16.7 Å². The van der Waals surface area contributed by atoms with E-state index in [1.54, 1.807) is 0 Å². The molecule has 1 N–H and O–H groups in total. The molecule has 2 aliphatic rings. The zero-order valence-electron chi connectivity index (χ0n) is 13.7. The fourth-order valence-electron chi connectivity index (χ4n) is 3.05. The summed E-state index contributed by atoms with van der Waals surface area (Å²) in [7, 11) is 0. The number of nitrogens with one attached hydrogen (secondary N) is 1. The van der Waals surface area contributed by atoms with Crippen LogP contribution in [0.5, 0.6) is 0 Å². The van der Waals surface area contributed by atoms with Gasteiger partial charge in [0.25, 0.3) is 0 Å². The van der Waals surface area contributed by atoms with Crippen LogP contribution in [0, 0.1) is 0 Å². The number of rotatable bonds is 2. The molecule has 0 saturated heterocycles. The molecule has 4 heteroatoms. The number of fused-ring (bicyclic) bond motifs is 1. The van der Waals surface area contributed by atoms with Crippen LogP contribution in [-0.2, 0) is 0 Å². The highest BCUT2D eigenvalue weighted by molar-refractivity contribution is 6.30. The quantitative estimate of drug-likeness (QED) is 0.845. The van der Waals surface area contributed by atoms with Crippen LogP contribution in [0.4, 0.5) is 5.69 Å². The number of hydrogen-bond acceptors (Lipinski definition) is 3. The van der Waals surface area contributed by atoms with Crippen molar-refractivity contribution in [2.75, 3.05) is 25.0 Å². The molecule has 0 aliphatic carbocycles. The average Bonchev–Trinajstić information content (AvgIpc) is 3.03. The van der Waals surface area contributed by atoms with Gasteiger partial charge in [0.15, 0.2) is 0 Å². The summed E-state index contributed by atoms with van der Waals surface area (Å²) in [5.74, 6) is 0. The summed E-state index contributed by atoms with van der Waals surface area (Å²) in [6.45, 7) is 2.31. The zero-order chi connectivity index (χ0) is 17.1.